The van der Waals surface area contributed by atoms with Gasteiger partial charge in [0.1, 0.15) is 23.2 Å². The molecule has 0 aliphatic carbocycles. The maximum atomic E-state index is 13.5. The molecule has 0 spiro atoms. The monoisotopic (exact) mass is 508 g/mol. The van der Waals surface area contributed by atoms with E-state index < -0.39 is 55.6 Å². The van der Waals surface area contributed by atoms with E-state index in [1.54, 1.807) is 18.2 Å². The van der Waals surface area contributed by atoms with Crippen molar-refractivity contribution >= 4 is 13.5 Å². The number of nitrogens with zero attached hydrogens (tertiary/aromatic N) is 4. The number of hydrogen-bond acceptors (Lipinski definition) is 9. The molecule has 1 aliphatic heterocycles. The van der Waals surface area contributed by atoms with Crippen LogP contribution in [0, 0.1) is 0 Å². The summed E-state index contributed by atoms with van der Waals surface area (Å²) in [5.41, 5.74) is 5.85. The molecule has 2 heterocycles. The summed E-state index contributed by atoms with van der Waals surface area (Å²) in [5, 5.41) is 17.1. The van der Waals surface area contributed by atoms with Gasteiger partial charge in [0.05, 0.1) is 18.8 Å². The molecule has 3 N–H and O–H groups in total. The molecule has 0 amide bonds. The number of nitrogens with one attached hydrogen (secondary N) is 2. The first-order chi connectivity index (χ1) is 16.5. The molecule has 0 bridgehead atoms. The van der Waals surface area contributed by atoms with Crippen LogP contribution in [0.4, 0.5) is 0 Å². The van der Waals surface area contributed by atoms with Crippen LogP contribution in [0.15, 0.2) is 57.3 Å². The van der Waals surface area contributed by atoms with Crippen LogP contribution in [-0.2, 0) is 18.6 Å². The fourth-order valence-corrected chi connectivity index (χ4v) is 4.98. The topological polar surface area (TPSA) is 198 Å². The average molecular weight is 508 g/mol. The molecule has 2 aromatic rings. The van der Waals surface area contributed by atoms with Gasteiger partial charge in [-0.25, -0.2) is 14.4 Å². The van der Waals surface area contributed by atoms with Crippen molar-refractivity contribution in [3.05, 3.63) is 73.9 Å². The maximum Gasteiger partial charge on any atom is 0.459 e. The van der Waals surface area contributed by atoms with Crippen molar-refractivity contribution in [3.8, 4) is 5.75 Å². The van der Waals surface area contributed by atoms with Crippen molar-refractivity contribution in [1.29, 1.82) is 0 Å². The number of benzene rings is 1. The van der Waals surface area contributed by atoms with Gasteiger partial charge in [-0.15, -0.1) is 0 Å². The molecule has 0 saturated carbocycles. The highest BCUT2D eigenvalue weighted by molar-refractivity contribution is 7.52. The van der Waals surface area contributed by atoms with Crippen molar-refractivity contribution in [2.75, 3.05) is 6.61 Å². The molecular formula is C20H25N6O8P. The summed E-state index contributed by atoms with van der Waals surface area (Å²) in [4.78, 5) is 40.3. The Morgan fingerprint density at radius 2 is 2.09 bits per heavy atom. The largest absolute Gasteiger partial charge is 0.459 e. The van der Waals surface area contributed by atoms with Crippen molar-refractivity contribution in [3.63, 3.8) is 0 Å². The lowest BCUT2D eigenvalue weighted by Gasteiger charge is -2.28. The van der Waals surface area contributed by atoms with Crippen LogP contribution in [-0.4, -0.2) is 50.8 Å². The van der Waals surface area contributed by atoms with E-state index in [-0.39, 0.29) is 11.5 Å². The quantitative estimate of drug-likeness (QED) is 0.185. The Morgan fingerprint density at radius 1 is 1.40 bits per heavy atom. The summed E-state index contributed by atoms with van der Waals surface area (Å²) in [5.74, 6) is -0.125. The summed E-state index contributed by atoms with van der Waals surface area (Å²) in [6.45, 7) is 3.60. The molecule has 15 heteroatoms. The van der Waals surface area contributed by atoms with E-state index in [4.69, 9.17) is 19.3 Å². The third-order valence-electron chi connectivity index (χ3n) is 5.46. The third kappa shape index (κ3) is 5.88. The van der Waals surface area contributed by atoms with Crippen LogP contribution in [0.2, 0.25) is 0 Å². The number of Topliss-reactive ketones (excluding diaryl/α,β-unsaturated/α-hetero) is 1. The Balaban J connectivity index is 1.88. The zero-order valence-corrected chi connectivity index (χ0v) is 20.0. The zero-order valence-electron chi connectivity index (χ0n) is 19.1. The molecule has 1 unspecified atom stereocenters. The number of aliphatic hydroxyl groups excluding tert-OH is 1. The van der Waals surface area contributed by atoms with Gasteiger partial charge < -0.3 is 14.4 Å². The van der Waals surface area contributed by atoms with Gasteiger partial charge in [-0.3, -0.25) is 23.7 Å². The van der Waals surface area contributed by atoms with Crippen LogP contribution in [0.5, 0.6) is 5.75 Å². The summed E-state index contributed by atoms with van der Waals surface area (Å²) in [7, 11) is -4.18. The molecule has 1 fully saturated rings. The summed E-state index contributed by atoms with van der Waals surface area (Å²) >= 11 is 0. The Morgan fingerprint density at radius 3 is 2.69 bits per heavy atom. The van der Waals surface area contributed by atoms with E-state index in [0.717, 1.165) is 16.8 Å². The first kappa shape index (κ1) is 26.4. The molecule has 1 aromatic heterocycles. The molecule has 6 atom stereocenters. The highest BCUT2D eigenvalue weighted by Crippen LogP contribution is 2.47. The number of hydrogen-bond donors (Lipinski definition) is 3. The van der Waals surface area contributed by atoms with Crippen LogP contribution in [0.1, 0.15) is 27.0 Å². The number of rotatable bonds is 10. The van der Waals surface area contributed by atoms with Crippen LogP contribution in [0.3, 0.4) is 0 Å². The van der Waals surface area contributed by atoms with Crippen LogP contribution >= 0.6 is 7.75 Å². The number of aromatic nitrogens is 2. The molecule has 0 radical (unpaired) electrons. The minimum Gasteiger partial charge on any atom is -0.413 e. The molecule has 1 aromatic carbocycles. The normalized spacial score (nSPS) is 26.3. The van der Waals surface area contributed by atoms with E-state index in [0.29, 0.717) is 0 Å². The lowest BCUT2D eigenvalue weighted by atomic mass is 9.93. The lowest BCUT2D eigenvalue weighted by molar-refractivity contribution is -0.118. The number of ether oxygens (including phenoxy) is 1. The number of carbonyl (C=O) groups excluding carboxylic acids is 1. The molecular weight excluding hydrogens is 483 g/mol. The maximum absolute atomic E-state index is 13.5. The van der Waals surface area contributed by atoms with E-state index in [2.05, 4.69) is 20.1 Å². The minimum absolute atomic E-state index is 0.198. The minimum atomic E-state index is -4.18. The van der Waals surface area contributed by atoms with Crippen molar-refractivity contribution in [1.82, 2.24) is 14.6 Å². The van der Waals surface area contributed by atoms with E-state index in [9.17, 15) is 24.1 Å². The van der Waals surface area contributed by atoms with Gasteiger partial charge in [0.15, 0.2) is 6.23 Å². The second-order valence-corrected chi connectivity index (χ2v) is 9.76. The third-order valence-corrected chi connectivity index (χ3v) is 7.10. The predicted octanol–water partition coefficient (Wildman–Crippen LogP) is 1.63. The predicted molar refractivity (Wildman–Crippen MR) is 123 cm³/mol. The smallest absolute Gasteiger partial charge is 0.413 e. The fourth-order valence-electron chi connectivity index (χ4n) is 3.40. The van der Waals surface area contributed by atoms with Crippen LogP contribution < -0.4 is 20.9 Å². The Hall–Kier alpha value is -3.25. The van der Waals surface area contributed by atoms with Gasteiger partial charge in [0.2, 0.25) is 0 Å². The lowest BCUT2D eigenvalue weighted by Crippen LogP contribution is -2.45. The second kappa shape index (κ2) is 10.6. The van der Waals surface area contributed by atoms with Gasteiger partial charge in [-0.2, -0.15) is 0 Å². The first-order valence-corrected chi connectivity index (χ1v) is 12.0. The van der Waals surface area contributed by atoms with Crippen molar-refractivity contribution in [2.24, 2.45) is 5.11 Å². The molecule has 1 aliphatic rings. The molecule has 188 valence electrons. The van der Waals surface area contributed by atoms with E-state index in [1.165, 1.54) is 32.9 Å². The first-order valence-electron chi connectivity index (χ1n) is 10.5. The fraction of sp³-hybridized carbons (Fsp3) is 0.450. The number of aromatic amines is 1. The SMILES string of the molecule is CC(=O)[C@H](C)NP(=O)(OC[C@H]1O[C@@H](n2ccc(=O)[nH]c2=O)[C@](C)(N=[N+]=[N-])[C@@H]1O)Oc1ccccc1. The Kier molecular flexibility index (Phi) is 7.96. The molecule has 1 saturated heterocycles. The Bertz CT molecular complexity index is 1280. The Labute approximate surface area is 199 Å². The number of carbonyl (C=O) groups is 1. The van der Waals surface area contributed by atoms with E-state index >= 15 is 0 Å². The van der Waals surface area contributed by atoms with E-state index in [1.807, 2.05) is 0 Å². The van der Waals surface area contributed by atoms with Crippen molar-refractivity contribution < 1.29 is 28.3 Å². The number of ketones is 1. The van der Waals surface area contributed by atoms with Gasteiger partial charge in [0.25, 0.3) is 5.56 Å². The van der Waals surface area contributed by atoms with Gasteiger partial charge >= 0.3 is 13.4 Å². The van der Waals surface area contributed by atoms with Crippen molar-refractivity contribution in [2.45, 2.75) is 50.8 Å². The number of aliphatic hydroxyl groups is 1. The molecule has 14 nitrogen and oxygen atoms in total. The summed E-state index contributed by atoms with van der Waals surface area (Å²) < 4.78 is 31.2. The average Bonchev–Trinajstić information content (AvgIpc) is 3.03. The zero-order chi connectivity index (χ0) is 25.8. The van der Waals surface area contributed by atoms with Gasteiger partial charge in [0, 0.05) is 17.2 Å². The highest BCUT2D eigenvalue weighted by atomic mass is 31.2. The standard InChI is InChI=1S/C20H25N6O8P/c1-12(13(2)27)23-35(31,34-14-7-5-4-6-8-14)32-11-15-17(29)20(3,24-25-21)18(33-15)26-10-9-16(28)22-19(26)30/h4-10,12,15,17-18,29H,11H2,1-3H3,(H,23,31)(H,22,28,30)/t12-,15+,17+,18+,20+,35?/m0/s1. The number of azide groups is 1. The molecule has 3 rings (SSSR count). The van der Waals surface area contributed by atoms with Gasteiger partial charge in [-0.1, -0.05) is 23.3 Å². The van der Waals surface area contributed by atoms with Gasteiger partial charge in [-0.05, 0) is 38.4 Å². The number of H-pyrrole nitrogens is 1. The van der Waals surface area contributed by atoms with Crippen LogP contribution in [0.25, 0.3) is 10.4 Å². The highest BCUT2D eigenvalue weighted by Gasteiger charge is 2.54. The summed E-state index contributed by atoms with van der Waals surface area (Å²) in [6.07, 6.45) is -2.95. The second-order valence-electron chi connectivity index (χ2n) is 8.06. The molecule has 35 heavy (non-hydrogen) atoms. The summed E-state index contributed by atoms with van der Waals surface area (Å²) in [6, 6.07) is 8.27. The number of para-hydroxylation sites is 1.